The van der Waals surface area contributed by atoms with Crippen LogP contribution in [0.5, 0.6) is 5.75 Å². The number of benzene rings is 2. The Morgan fingerprint density at radius 1 is 1.25 bits per heavy atom. The van der Waals surface area contributed by atoms with Gasteiger partial charge in [0.1, 0.15) is 18.2 Å². The molecule has 3 rings (SSSR count). The zero-order valence-electron chi connectivity index (χ0n) is 15.7. The van der Waals surface area contributed by atoms with E-state index in [4.69, 9.17) is 21.7 Å². The Kier molecular flexibility index (Phi) is 6.81. The summed E-state index contributed by atoms with van der Waals surface area (Å²) in [4.78, 5) is 11.9. The molecule has 0 fully saturated rings. The lowest BCUT2D eigenvalue weighted by Crippen LogP contribution is -2.38. The van der Waals surface area contributed by atoms with Gasteiger partial charge < -0.3 is 20.1 Å². The zero-order valence-corrected chi connectivity index (χ0v) is 16.5. The van der Waals surface area contributed by atoms with Gasteiger partial charge in [0.25, 0.3) is 0 Å². The number of methoxy groups -OCH3 is 1. The van der Waals surface area contributed by atoms with E-state index >= 15 is 0 Å². The third kappa shape index (κ3) is 5.19. The molecule has 0 radical (unpaired) electrons. The van der Waals surface area contributed by atoms with Crippen LogP contribution < -0.4 is 15.4 Å². The summed E-state index contributed by atoms with van der Waals surface area (Å²) in [6.45, 7) is 0.621. The van der Waals surface area contributed by atoms with Crippen molar-refractivity contribution >= 4 is 23.3 Å². The molecule has 148 valence electrons. The topological polar surface area (TPSA) is 59.6 Å². The number of hydrogen-bond donors (Lipinski definition) is 2. The van der Waals surface area contributed by atoms with Crippen LogP contribution >= 0.6 is 12.2 Å². The second-order valence-electron chi connectivity index (χ2n) is 6.54. The first-order valence-electron chi connectivity index (χ1n) is 9.17. The Morgan fingerprint density at radius 2 is 2.04 bits per heavy atom. The second-order valence-corrected chi connectivity index (χ2v) is 6.95. The number of carbonyl (C=O) groups is 1. The highest BCUT2D eigenvalue weighted by atomic mass is 32.1. The lowest BCUT2D eigenvalue weighted by molar-refractivity contribution is -0.142. The fourth-order valence-electron chi connectivity index (χ4n) is 3.26. The summed E-state index contributed by atoms with van der Waals surface area (Å²) in [6.07, 6.45) is 1.71. The molecule has 0 spiro atoms. The average molecular weight is 402 g/mol. The highest BCUT2D eigenvalue weighted by molar-refractivity contribution is 7.80. The molecule has 0 bridgehead atoms. The zero-order chi connectivity index (χ0) is 19.9. The van der Waals surface area contributed by atoms with Crippen molar-refractivity contribution < 1.29 is 18.7 Å². The molecule has 2 aromatic rings. The van der Waals surface area contributed by atoms with E-state index in [1.54, 1.807) is 25.3 Å². The molecule has 28 heavy (non-hydrogen) atoms. The first kappa shape index (κ1) is 20.1. The number of thiocarbonyl (C=S) groups is 1. The molecule has 0 heterocycles. The molecule has 0 aliphatic heterocycles. The summed E-state index contributed by atoms with van der Waals surface area (Å²) >= 11 is 5.29. The molecule has 0 saturated carbocycles. The van der Waals surface area contributed by atoms with Gasteiger partial charge in [0.15, 0.2) is 5.11 Å². The van der Waals surface area contributed by atoms with Crippen LogP contribution in [0.4, 0.5) is 4.39 Å². The molecule has 2 N–H and O–H groups in total. The van der Waals surface area contributed by atoms with Gasteiger partial charge in [0, 0.05) is 0 Å². The lowest BCUT2D eigenvalue weighted by atomic mass is 10.1. The number of halogens is 1. The Labute approximate surface area is 169 Å². The van der Waals surface area contributed by atoms with Crippen LogP contribution in [0.2, 0.25) is 0 Å². The molecule has 0 amide bonds. The summed E-state index contributed by atoms with van der Waals surface area (Å²) in [5.41, 5.74) is 2.58. The quantitative estimate of drug-likeness (QED) is 0.422. The number of hydrogen-bond acceptors (Lipinski definition) is 4. The van der Waals surface area contributed by atoms with E-state index in [9.17, 15) is 9.18 Å². The van der Waals surface area contributed by atoms with Gasteiger partial charge in [0.05, 0.1) is 26.1 Å². The van der Waals surface area contributed by atoms with Gasteiger partial charge in [0.2, 0.25) is 0 Å². The van der Waals surface area contributed by atoms with Gasteiger partial charge in [-0.3, -0.25) is 4.79 Å². The fraction of sp³-hybridized carbons (Fsp3) is 0.333. The van der Waals surface area contributed by atoms with Crippen LogP contribution in [0.1, 0.15) is 29.2 Å². The third-order valence-corrected chi connectivity index (χ3v) is 4.94. The lowest BCUT2D eigenvalue weighted by Gasteiger charge is -2.17. The number of fused-ring (bicyclic) bond motifs is 1. The van der Waals surface area contributed by atoms with Gasteiger partial charge in [-0.1, -0.05) is 24.3 Å². The summed E-state index contributed by atoms with van der Waals surface area (Å²) in [7, 11) is 1.60. The van der Waals surface area contributed by atoms with Gasteiger partial charge >= 0.3 is 5.97 Å². The molecule has 1 aliphatic rings. The Hall–Kier alpha value is -2.67. The molecule has 5 nitrogen and oxygen atoms in total. The highest BCUT2D eigenvalue weighted by Gasteiger charge is 2.25. The van der Waals surface area contributed by atoms with Crippen molar-refractivity contribution in [2.45, 2.75) is 25.3 Å². The van der Waals surface area contributed by atoms with E-state index in [-0.39, 0.29) is 30.9 Å². The standard InChI is InChI=1S/C21H23FN2O3S/c1-26-15-7-5-14(6-8-15)13-20(25)27-12-11-23-21(28)24-19-10-9-16-17(19)3-2-4-18(16)22/h2-8,19H,9-13H2,1H3,(H2,23,24,28). The van der Waals surface area contributed by atoms with Gasteiger partial charge in [-0.25, -0.2) is 4.39 Å². The van der Waals surface area contributed by atoms with E-state index in [1.165, 1.54) is 6.07 Å². The van der Waals surface area contributed by atoms with E-state index in [2.05, 4.69) is 10.6 Å². The number of carbonyl (C=O) groups excluding carboxylic acids is 1. The SMILES string of the molecule is COc1ccc(CC(=O)OCCNC(=S)NC2CCc3c(F)cccc32)cc1. The number of ether oxygens (including phenoxy) is 2. The van der Waals surface area contributed by atoms with Crippen LogP contribution in [-0.4, -0.2) is 31.3 Å². The second kappa shape index (κ2) is 9.50. The van der Waals surface area contributed by atoms with E-state index in [0.29, 0.717) is 18.1 Å². The van der Waals surface area contributed by atoms with Crippen molar-refractivity contribution in [3.63, 3.8) is 0 Å². The number of esters is 1. The summed E-state index contributed by atoms with van der Waals surface area (Å²) < 4.78 is 24.1. The molecular formula is C21H23FN2O3S. The van der Waals surface area contributed by atoms with Crippen molar-refractivity contribution in [3.05, 3.63) is 65.0 Å². The number of nitrogens with one attached hydrogen (secondary N) is 2. The minimum Gasteiger partial charge on any atom is -0.497 e. The van der Waals surface area contributed by atoms with Crippen molar-refractivity contribution in [1.82, 2.24) is 10.6 Å². The largest absolute Gasteiger partial charge is 0.497 e. The van der Waals surface area contributed by atoms with E-state index in [1.807, 2.05) is 18.2 Å². The normalized spacial score (nSPS) is 14.9. The maximum absolute atomic E-state index is 13.8. The Balaban J connectivity index is 1.36. The first-order valence-corrected chi connectivity index (χ1v) is 9.58. The molecule has 7 heteroatoms. The van der Waals surface area contributed by atoms with Crippen molar-refractivity contribution in [2.24, 2.45) is 0 Å². The van der Waals surface area contributed by atoms with Gasteiger partial charge in [-0.05, 0) is 59.9 Å². The van der Waals surface area contributed by atoms with Gasteiger partial charge in [-0.2, -0.15) is 0 Å². The summed E-state index contributed by atoms with van der Waals surface area (Å²) in [5.74, 6) is 0.283. The van der Waals surface area contributed by atoms with E-state index < -0.39 is 0 Å². The number of rotatable bonds is 7. The fourth-order valence-corrected chi connectivity index (χ4v) is 3.50. The average Bonchev–Trinajstić information content (AvgIpc) is 3.10. The van der Waals surface area contributed by atoms with Crippen LogP contribution in [0.15, 0.2) is 42.5 Å². The Bertz CT molecular complexity index is 842. The molecule has 0 aromatic heterocycles. The van der Waals surface area contributed by atoms with Crippen LogP contribution in [-0.2, 0) is 22.4 Å². The van der Waals surface area contributed by atoms with Gasteiger partial charge in [-0.15, -0.1) is 0 Å². The molecular weight excluding hydrogens is 379 g/mol. The van der Waals surface area contributed by atoms with Crippen molar-refractivity contribution in [3.8, 4) is 5.75 Å². The summed E-state index contributed by atoms with van der Waals surface area (Å²) in [5, 5.41) is 6.69. The van der Waals surface area contributed by atoms with Crippen LogP contribution in [0.3, 0.4) is 0 Å². The monoisotopic (exact) mass is 402 g/mol. The Morgan fingerprint density at radius 3 is 2.79 bits per heavy atom. The first-order chi connectivity index (χ1) is 13.6. The van der Waals surface area contributed by atoms with Crippen molar-refractivity contribution in [2.75, 3.05) is 20.3 Å². The molecule has 1 atom stereocenters. The third-order valence-electron chi connectivity index (χ3n) is 4.68. The molecule has 1 unspecified atom stereocenters. The predicted octanol–water partition coefficient (Wildman–Crippen LogP) is 3.07. The maximum Gasteiger partial charge on any atom is 0.310 e. The van der Waals surface area contributed by atoms with Crippen LogP contribution in [0, 0.1) is 5.82 Å². The minimum atomic E-state index is -0.300. The minimum absolute atomic E-state index is 0.00308. The summed E-state index contributed by atoms with van der Waals surface area (Å²) in [6, 6.07) is 12.4. The molecule has 1 aliphatic carbocycles. The smallest absolute Gasteiger partial charge is 0.310 e. The molecule has 0 saturated heterocycles. The van der Waals surface area contributed by atoms with E-state index in [0.717, 1.165) is 28.9 Å². The maximum atomic E-state index is 13.8. The highest BCUT2D eigenvalue weighted by Crippen LogP contribution is 2.32. The van der Waals surface area contributed by atoms with Crippen LogP contribution in [0.25, 0.3) is 0 Å². The molecule has 2 aromatic carbocycles. The predicted molar refractivity (Wildman–Crippen MR) is 109 cm³/mol. The van der Waals surface area contributed by atoms with Crippen molar-refractivity contribution in [1.29, 1.82) is 0 Å².